The third-order valence-corrected chi connectivity index (χ3v) is 4.81. The quantitative estimate of drug-likeness (QED) is 0.923. The fourth-order valence-corrected chi connectivity index (χ4v) is 3.62. The molecular formula is C16H20N4O. The molecule has 2 aliphatic rings. The van der Waals surface area contributed by atoms with Gasteiger partial charge in [-0.25, -0.2) is 0 Å². The summed E-state index contributed by atoms with van der Waals surface area (Å²) in [5.41, 5.74) is 2.33. The summed E-state index contributed by atoms with van der Waals surface area (Å²) in [6, 6.07) is 8.30. The first kappa shape index (κ1) is 13.0. The number of likely N-dealkylation sites (N-methyl/N-ethyl adjacent to an activating group) is 1. The Labute approximate surface area is 124 Å². The molecular weight excluding hydrogens is 264 g/mol. The van der Waals surface area contributed by atoms with E-state index in [1.54, 1.807) is 0 Å². The maximum atomic E-state index is 10.5. The van der Waals surface area contributed by atoms with Crippen molar-refractivity contribution in [3.8, 4) is 0 Å². The normalized spacial score (nSPS) is 23.6. The number of rotatable bonds is 3. The van der Waals surface area contributed by atoms with Gasteiger partial charge in [0.05, 0.1) is 12.6 Å². The van der Waals surface area contributed by atoms with Crippen molar-refractivity contribution in [1.82, 2.24) is 19.7 Å². The van der Waals surface area contributed by atoms with E-state index in [1.807, 2.05) is 18.2 Å². The average Bonchev–Trinajstić information content (AvgIpc) is 3.16. The van der Waals surface area contributed by atoms with Crippen molar-refractivity contribution in [2.75, 3.05) is 7.05 Å². The average molecular weight is 284 g/mol. The summed E-state index contributed by atoms with van der Waals surface area (Å²) in [6.45, 7) is 1.77. The second kappa shape index (κ2) is 4.93. The molecule has 0 fully saturated rings. The van der Waals surface area contributed by atoms with Gasteiger partial charge in [0.2, 0.25) is 0 Å². The van der Waals surface area contributed by atoms with Crippen LogP contribution in [0.3, 0.4) is 0 Å². The summed E-state index contributed by atoms with van der Waals surface area (Å²) in [6.07, 6.45) is 2.69. The lowest BCUT2D eigenvalue weighted by Gasteiger charge is -2.26. The second-order valence-electron chi connectivity index (χ2n) is 6.12. The monoisotopic (exact) mass is 284 g/mol. The fraction of sp³-hybridized carbons (Fsp3) is 0.500. The Hall–Kier alpha value is -1.72. The van der Waals surface area contributed by atoms with Crippen LogP contribution in [0.5, 0.6) is 0 Å². The van der Waals surface area contributed by atoms with Gasteiger partial charge in [-0.3, -0.25) is 4.90 Å². The van der Waals surface area contributed by atoms with Crippen molar-refractivity contribution in [1.29, 1.82) is 0 Å². The first-order chi connectivity index (χ1) is 10.2. The molecule has 0 spiro atoms. The SMILES string of the molecule is CN(Cc1nnc2n1CCC2)[C@@H]1Cc2ccccc2[C@H]1O. The predicted octanol–water partition coefficient (Wildman–Crippen LogP) is 1.31. The summed E-state index contributed by atoms with van der Waals surface area (Å²) >= 11 is 0. The van der Waals surface area contributed by atoms with E-state index in [9.17, 15) is 5.11 Å². The Morgan fingerprint density at radius 1 is 1.33 bits per heavy atom. The Kier molecular flexibility index (Phi) is 3.05. The Morgan fingerprint density at radius 3 is 3.05 bits per heavy atom. The van der Waals surface area contributed by atoms with Crippen LogP contribution in [0.1, 0.15) is 35.3 Å². The van der Waals surface area contributed by atoms with Crippen molar-refractivity contribution in [2.45, 2.75) is 44.5 Å². The van der Waals surface area contributed by atoms with E-state index in [0.717, 1.165) is 43.1 Å². The molecule has 0 saturated carbocycles. The lowest BCUT2D eigenvalue weighted by Crippen LogP contribution is -2.35. The van der Waals surface area contributed by atoms with Gasteiger partial charge < -0.3 is 9.67 Å². The second-order valence-corrected chi connectivity index (χ2v) is 6.12. The van der Waals surface area contributed by atoms with E-state index in [2.05, 4.69) is 32.8 Å². The van der Waals surface area contributed by atoms with E-state index in [0.29, 0.717) is 0 Å². The van der Waals surface area contributed by atoms with Crippen LogP contribution in [0.25, 0.3) is 0 Å². The number of fused-ring (bicyclic) bond motifs is 2. The van der Waals surface area contributed by atoms with Crippen LogP contribution < -0.4 is 0 Å². The van der Waals surface area contributed by atoms with Gasteiger partial charge in [0, 0.05) is 19.0 Å². The maximum absolute atomic E-state index is 10.5. The van der Waals surface area contributed by atoms with Gasteiger partial charge in [-0.15, -0.1) is 10.2 Å². The van der Waals surface area contributed by atoms with Crippen LogP contribution in [-0.2, 0) is 25.9 Å². The van der Waals surface area contributed by atoms with Gasteiger partial charge in [-0.1, -0.05) is 24.3 Å². The minimum absolute atomic E-state index is 0.122. The van der Waals surface area contributed by atoms with Crippen LogP contribution in [0.4, 0.5) is 0 Å². The molecule has 5 nitrogen and oxygen atoms in total. The Morgan fingerprint density at radius 2 is 2.19 bits per heavy atom. The zero-order valence-electron chi connectivity index (χ0n) is 12.2. The molecule has 1 aliphatic heterocycles. The lowest BCUT2D eigenvalue weighted by molar-refractivity contribution is 0.0702. The molecule has 0 unspecified atom stereocenters. The molecule has 5 heteroatoms. The molecule has 1 N–H and O–H groups in total. The smallest absolute Gasteiger partial charge is 0.147 e. The largest absolute Gasteiger partial charge is 0.387 e. The number of hydrogen-bond acceptors (Lipinski definition) is 4. The predicted molar refractivity (Wildman–Crippen MR) is 78.7 cm³/mol. The van der Waals surface area contributed by atoms with Crippen LogP contribution >= 0.6 is 0 Å². The summed E-state index contributed by atoms with van der Waals surface area (Å²) in [5.74, 6) is 2.13. The molecule has 2 aromatic rings. The van der Waals surface area contributed by atoms with Crippen molar-refractivity contribution >= 4 is 0 Å². The summed E-state index contributed by atoms with van der Waals surface area (Å²) in [7, 11) is 2.07. The fourth-order valence-electron chi connectivity index (χ4n) is 3.62. The number of hydrogen-bond donors (Lipinski definition) is 1. The van der Waals surface area contributed by atoms with Gasteiger partial charge in [0.15, 0.2) is 0 Å². The first-order valence-electron chi connectivity index (χ1n) is 7.61. The molecule has 2 atom stereocenters. The van der Waals surface area contributed by atoms with E-state index in [1.165, 1.54) is 12.0 Å². The lowest BCUT2D eigenvalue weighted by atomic mass is 10.1. The number of nitrogens with zero attached hydrogens (tertiary/aromatic N) is 4. The van der Waals surface area contributed by atoms with Crippen molar-refractivity contribution in [3.05, 3.63) is 47.0 Å². The molecule has 21 heavy (non-hydrogen) atoms. The van der Waals surface area contributed by atoms with Crippen LogP contribution in [0, 0.1) is 0 Å². The number of benzene rings is 1. The van der Waals surface area contributed by atoms with E-state index < -0.39 is 6.10 Å². The molecule has 2 heterocycles. The summed E-state index contributed by atoms with van der Waals surface area (Å²) in [5, 5.41) is 19.1. The minimum atomic E-state index is -0.410. The number of aliphatic hydroxyl groups is 1. The number of aliphatic hydroxyl groups excluding tert-OH is 1. The van der Waals surface area contributed by atoms with Gasteiger partial charge >= 0.3 is 0 Å². The molecule has 4 rings (SSSR count). The zero-order valence-corrected chi connectivity index (χ0v) is 12.2. The summed E-state index contributed by atoms with van der Waals surface area (Å²) in [4.78, 5) is 2.21. The topological polar surface area (TPSA) is 54.2 Å². The van der Waals surface area contributed by atoms with Crippen molar-refractivity contribution in [2.24, 2.45) is 0 Å². The molecule has 0 bridgehead atoms. The highest BCUT2D eigenvalue weighted by atomic mass is 16.3. The number of aryl methyl sites for hydroxylation is 1. The molecule has 1 aromatic heterocycles. The molecule has 0 radical (unpaired) electrons. The van der Waals surface area contributed by atoms with Gasteiger partial charge in [0.1, 0.15) is 11.6 Å². The third kappa shape index (κ3) is 2.08. The maximum Gasteiger partial charge on any atom is 0.147 e. The molecule has 0 amide bonds. The Balaban J connectivity index is 1.52. The highest BCUT2D eigenvalue weighted by molar-refractivity contribution is 5.35. The third-order valence-electron chi connectivity index (χ3n) is 4.81. The standard InChI is InChI=1S/C16H20N4O/c1-19(10-15-18-17-14-7-4-8-20(14)15)13-9-11-5-2-3-6-12(11)16(13)21/h2-3,5-6,13,16,21H,4,7-10H2,1H3/t13-,16-/m1/s1. The van der Waals surface area contributed by atoms with E-state index >= 15 is 0 Å². The van der Waals surface area contributed by atoms with Gasteiger partial charge in [-0.2, -0.15) is 0 Å². The molecule has 110 valence electrons. The van der Waals surface area contributed by atoms with Gasteiger partial charge in [-0.05, 0) is 31.0 Å². The Bertz CT molecular complexity index is 666. The van der Waals surface area contributed by atoms with E-state index in [4.69, 9.17) is 0 Å². The van der Waals surface area contributed by atoms with Crippen molar-refractivity contribution < 1.29 is 5.11 Å². The molecule has 1 aromatic carbocycles. The van der Waals surface area contributed by atoms with Crippen LogP contribution in [0.2, 0.25) is 0 Å². The minimum Gasteiger partial charge on any atom is -0.387 e. The highest BCUT2D eigenvalue weighted by Crippen LogP contribution is 2.34. The van der Waals surface area contributed by atoms with Crippen LogP contribution in [-0.4, -0.2) is 37.9 Å². The number of aromatic nitrogens is 3. The summed E-state index contributed by atoms with van der Waals surface area (Å²) < 4.78 is 2.23. The highest BCUT2D eigenvalue weighted by Gasteiger charge is 2.34. The first-order valence-corrected chi connectivity index (χ1v) is 7.61. The molecule has 0 saturated heterocycles. The zero-order chi connectivity index (χ0) is 14.4. The van der Waals surface area contributed by atoms with Gasteiger partial charge in [0.25, 0.3) is 0 Å². The van der Waals surface area contributed by atoms with E-state index in [-0.39, 0.29) is 6.04 Å². The molecule has 1 aliphatic carbocycles. The van der Waals surface area contributed by atoms with Crippen molar-refractivity contribution in [3.63, 3.8) is 0 Å². The van der Waals surface area contributed by atoms with Crippen LogP contribution in [0.15, 0.2) is 24.3 Å².